The molecule has 0 saturated heterocycles. The van der Waals surface area contributed by atoms with Crippen LogP contribution in [0.3, 0.4) is 0 Å². The van der Waals surface area contributed by atoms with E-state index in [1.54, 1.807) is 13.8 Å². The Bertz CT molecular complexity index is 456. The van der Waals surface area contributed by atoms with Gasteiger partial charge in [-0.25, -0.2) is 0 Å². The van der Waals surface area contributed by atoms with E-state index in [2.05, 4.69) is 17.1 Å². The largest absolute Gasteiger partial charge is 0.475 e. The van der Waals surface area contributed by atoms with Crippen LogP contribution in [-0.2, 0) is 20.7 Å². The Labute approximate surface area is 113 Å². The molecular weight excluding hydrogens is 242 g/mol. The molecule has 2 unspecified atom stereocenters. The molecule has 102 valence electrons. The van der Waals surface area contributed by atoms with Gasteiger partial charge in [-0.2, -0.15) is 0 Å². The lowest BCUT2D eigenvalue weighted by Crippen LogP contribution is -2.26. The smallest absolute Gasteiger partial charge is 0.318 e. The van der Waals surface area contributed by atoms with Crippen LogP contribution in [0.2, 0.25) is 0 Å². The van der Waals surface area contributed by atoms with Crippen molar-refractivity contribution < 1.29 is 14.3 Å². The van der Waals surface area contributed by atoms with E-state index >= 15 is 0 Å². The van der Waals surface area contributed by atoms with Crippen LogP contribution in [0, 0.1) is 5.92 Å². The van der Waals surface area contributed by atoms with E-state index in [0.29, 0.717) is 19.0 Å². The maximum atomic E-state index is 11.6. The van der Waals surface area contributed by atoms with Gasteiger partial charge in [-0.15, -0.1) is 0 Å². The zero-order valence-electron chi connectivity index (χ0n) is 11.3. The number of carbonyl (C=O) groups excluding carboxylic acids is 1. The molecule has 1 aromatic carbocycles. The van der Waals surface area contributed by atoms with Crippen LogP contribution in [0.4, 0.5) is 0 Å². The summed E-state index contributed by atoms with van der Waals surface area (Å²) in [5, 5.41) is 0. The van der Waals surface area contributed by atoms with Gasteiger partial charge in [0.25, 0.3) is 0 Å². The molecule has 19 heavy (non-hydrogen) atoms. The summed E-state index contributed by atoms with van der Waals surface area (Å²) in [6.07, 6.45) is 0.831. The normalized spacial score (nSPS) is 19.5. The average Bonchev–Trinajstić information content (AvgIpc) is 2.88. The molecule has 1 heterocycles. The van der Waals surface area contributed by atoms with Gasteiger partial charge in [-0.3, -0.25) is 9.79 Å². The number of esters is 1. The number of aliphatic imine (C=N–C) groups is 1. The first-order valence-electron chi connectivity index (χ1n) is 6.62. The molecule has 0 aliphatic carbocycles. The minimum Gasteiger partial charge on any atom is -0.475 e. The van der Waals surface area contributed by atoms with Crippen molar-refractivity contribution in [2.45, 2.75) is 26.4 Å². The van der Waals surface area contributed by atoms with Crippen LogP contribution in [0.5, 0.6) is 0 Å². The van der Waals surface area contributed by atoms with Gasteiger partial charge in [-0.05, 0) is 19.4 Å². The lowest BCUT2D eigenvalue weighted by molar-refractivity contribution is -0.145. The Morgan fingerprint density at radius 3 is 2.89 bits per heavy atom. The number of carbonyl (C=O) groups is 1. The molecule has 0 fully saturated rings. The molecule has 1 aromatic rings. The SMILES string of the molecule is CCOC(=O)C(C)C1=NCC(Cc2ccccc2)O1. The Morgan fingerprint density at radius 2 is 2.21 bits per heavy atom. The Balaban J connectivity index is 1.87. The first kappa shape index (κ1) is 13.6. The van der Waals surface area contributed by atoms with Crippen LogP contribution >= 0.6 is 0 Å². The highest BCUT2D eigenvalue weighted by Gasteiger charge is 2.29. The zero-order valence-corrected chi connectivity index (χ0v) is 11.3. The van der Waals surface area contributed by atoms with Gasteiger partial charge in [0.05, 0.1) is 13.2 Å². The van der Waals surface area contributed by atoms with E-state index < -0.39 is 5.92 Å². The molecular formula is C15H19NO3. The summed E-state index contributed by atoms with van der Waals surface area (Å²) in [7, 11) is 0. The molecule has 4 heteroatoms. The minimum atomic E-state index is -0.416. The molecule has 0 N–H and O–H groups in total. The van der Waals surface area contributed by atoms with Crippen molar-refractivity contribution in [3.8, 4) is 0 Å². The standard InChI is InChI=1S/C15H19NO3/c1-3-18-15(17)11(2)14-16-10-13(19-14)9-12-7-5-4-6-8-12/h4-8,11,13H,3,9-10H2,1-2H3. The minimum absolute atomic E-state index is 0.0225. The van der Waals surface area contributed by atoms with Crippen LogP contribution in [0.15, 0.2) is 35.3 Å². The fourth-order valence-corrected chi connectivity index (χ4v) is 2.03. The summed E-state index contributed by atoms with van der Waals surface area (Å²) < 4.78 is 10.7. The molecule has 0 radical (unpaired) electrons. The van der Waals surface area contributed by atoms with Gasteiger partial charge in [0.2, 0.25) is 0 Å². The molecule has 1 aliphatic heterocycles. The number of nitrogens with zero attached hydrogens (tertiary/aromatic N) is 1. The second kappa shape index (κ2) is 6.36. The predicted molar refractivity (Wildman–Crippen MR) is 73.1 cm³/mol. The van der Waals surface area contributed by atoms with Gasteiger partial charge in [-0.1, -0.05) is 30.3 Å². The summed E-state index contributed by atoms with van der Waals surface area (Å²) in [6, 6.07) is 10.1. The summed E-state index contributed by atoms with van der Waals surface area (Å²) in [6.45, 7) is 4.54. The lowest BCUT2D eigenvalue weighted by atomic mass is 10.1. The van der Waals surface area contributed by atoms with Crippen LogP contribution in [-0.4, -0.2) is 31.1 Å². The Kier molecular flexibility index (Phi) is 4.55. The molecule has 0 aromatic heterocycles. The Morgan fingerprint density at radius 1 is 1.47 bits per heavy atom. The number of benzene rings is 1. The predicted octanol–water partition coefficient (Wildman–Crippen LogP) is 2.23. The first-order valence-corrected chi connectivity index (χ1v) is 6.62. The van der Waals surface area contributed by atoms with E-state index in [4.69, 9.17) is 9.47 Å². The van der Waals surface area contributed by atoms with Crippen LogP contribution in [0.1, 0.15) is 19.4 Å². The highest BCUT2D eigenvalue weighted by molar-refractivity contribution is 5.98. The lowest BCUT2D eigenvalue weighted by Gasteiger charge is -2.14. The van der Waals surface area contributed by atoms with Gasteiger partial charge < -0.3 is 9.47 Å². The molecule has 0 spiro atoms. The molecule has 0 saturated carbocycles. The highest BCUT2D eigenvalue weighted by Crippen LogP contribution is 2.16. The number of rotatable bonds is 5. The quantitative estimate of drug-likeness (QED) is 0.764. The fraction of sp³-hybridized carbons (Fsp3) is 0.467. The van der Waals surface area contributed by atoms with Crippen molar-refractivity contribution in [2.24, 2.45) is 10.9 Å². The third-order valence-electron chi connectivity index (χ3n) is 3.05. The van der Waals surface area contributed by atoms with Crippen LogP contribution < -0.4 is 0 Å². The molecule has 1 aliphatic rings. The molecule has 2 atom stereocenters. The van der Waals surface area contributed by atoms with E-state index in [1.807, 2.05) is 18.2 Å². The monoisotopic (exact) mass is 261 g/mol. The van der Waals surface area contributed by atoms with Crippen molar-refractivity contribution >= 4 is 11.9 Å². The van der Waals surface area contributed by atoms with Crippen molar-refractivity contribution in [1.29, 1.82) is 0 Å². The third-order valence-corrected chi connectivity index (χ3v) is 3.05. The Hall–Kier alpha value is -1.84. The maximum Gasteiger partial charge on any atom is 0.318 e. The van der Waals surface area contributed by atoms with Gasteiger partial charge >= 0.3 is 5.97 Å². The second-order valence-electron chi connectivity index (χ2n) is 4.58. The van der Waals surface area contributed by atoms with Crippen molar-refractivity contribution in [2.75, 3.05) is 13.2 Å². The van der Waals surface area contributed by atoms with E-state index in [9.17, 15) is 4.79 Å². The molecule has 4 nitrogen and oxygen atoms in total. The number of ether oxygens (including phenoxy) is 2. The van der Waals surface area contributed by atoms with Crippen molar-refractivity contribution in [3.63, 3.8) is 0 Å². The van der Waals surface area contributed by atoms with Crippen molar-refractivity contribution in [1.82, 2.24) is 0 Å². The number of hydrogen-bond acceptors (Lipinski definition) is 4. The summed E-state index contributed by atoms with van der Waals surface area (Å²) >= 11 is 0. The summed E-state index contributed by atoms with van der Waals surface area (Å²) in [5.41, 5.74) is 1.22. The van der Waals surface area contributed by atoms with Gasteiger partial charge in [0.15, 0.2) is 5.90 Å². The molecule has 2 rings (SSSR count). The summed E-state index contributed by atoms with van der Waals surface area (Å²) in [4.78, 5) is 15.9. The van der Waals surface area contributed by atoms with Crippen molar-refractivity contribution in [3.05, 3.63) is 35.9 Å². The topological polar surface area (TPSA) is 47.9 Å². The number of hydrogen-bond donors (Lipinski definition) is 0. The third kappa shape index (κ3) is 3.56. The van der Waals surface area contributed by atoms with E-state index in [1.165, 1.54) is 5.56 Å². The molecule has 0 bridgehead atoms. The van der Waals surface area contributed by atoms with E-state index in [0.717, 1.165) is 6.42 Å². The van der Waals surface area contributed by atoms with Gasteiger partial charge in [0.1, 0.15) is 12.0 Å². The van der Waals surface area contributed by atoms with E-state index in [-0.39, 0.29) is 12.1 Å². The second-order valence-corrected chi connectivity index (χ2v) is 4.58. The zero-order chi connectivity index (χ0) is 13.7. The van der Waals surface area contributed by atoms with Gasteiger partial charge in [0, 0.05) is 6.42 Å². The molecule has 0 amide bonds. The van der Waals surface area contributed by atoms with Crippen LogP contribution in [0.25, 0.3) is 0 Å². The maximum absolute atomic E-state index is 11.6. The fourth-order valence-electron chi connectivity index (χ4n) is 2.03. The summed E-state index contributed by atoms with van der Waals surface area (Å²) in [5.74, 6) is -0.193. The highest BCUT2D eigenvalue weighted by atomic mass is 16.5. The average molecular weight is 261 g/mol. The first-order chi connectivity index (χ1) is 9.20.